The molecule has 1 aliphatic heterocycles. The van der Waals surface area contributed by atoms with Crippen LogP contribution in [0.3, 0.4) is 0 Å². The zero-order valence-electron chi connectivity index (χ0n) is 12.8. The molecule has 1 amide bonds. The number of carbonyl (C=O) groups excluding carboxylic acids is 1. The van der Waals surface area contributed by atoms with Crippen molar-refractivity contribution in [2.45, 2.75) is 45.6 Å². The lowest BCUT2D eigenvalue weighted by atomic mass is 9.82. The minimum atomic E-state index is -0.866. The summed E-state index contributed by atoms with van der Waals surface area (Å²) in [6.45, 7) is 6.55. The minimum absolute atomic E-state index is 0.209. The summed E-state index contributed by atoms with van der Waals surface area (Å²) in [5, 5.41) is 9.48. The molecule has 6 nitrogen and oxygen atoms in total. The van der Waals surface area contributed by atoms with Crippen molar-refractivity contribution < 1.29 is 24.2 Å². The molecule has 0 saturated carbocycles. The summed E-state index contributed by atoms with van der Waals surface area (Å²) in [5.74, 6) is -0.848. The average molecular weight is 287 g/mol. The molecule has 1 N–H and O–H groups in total. The average Bonchev–Trinajstić information content (AvgIpc) is 2.73. The molecule has 1 fully saturated rings. The van der Waals surface area contributed by atoms with Crippen LogP contribution < -0.4 is 0 Å². The van der Waals surface area contributed by atoms with E-state index in [9.17, 15) is 14.7 Å². The van der Waals surface area contributed by atoms with Gasteiger partial charge in [0.05, 0.1) is 5.41 Å². The molecule has 20 heavy (non-hydrogen) atoms. The molecule has 116 valence electrons. The maximum Gasteiger partial charge on any atom is 0.410 e. The van der Waals surface area contributed by atoms with Crippen molar-refractivity contribution in [2.75, 3.05) is 26.8 Å². The largest absolute Gasteiger partial charge is 0.481 e. The zero-order valence-corrected chi connectivity index (χ0v) is 12.8. The lowest BCUT2D eigenvalue weighted by Crippen LogP contribution is -2.39. The van der Waals surface area contributed by atoms with Crippen molar-refractivity contribution in [3.05, 3.63) is 0 Å². The Bertz CT molecular complexity index is 363. The van der Waals surface area contributed by atoms with Crippen LogP contribution in [-0.2, 0) is 14.3 Å². The first kappa shape index (κ1) is 16.8. The molecule has 0 unspecified atom stereocenters. The summed E-state index contributed by atoms with van der Waals surface area (Å²) >= 11 is 0. The van der Waals surface area contributed by atoms with Crippen molar-refractivity contribution in [1.29, 1.82) is 0 Å². The fourth-order valence-corrected chi connectivity index (χ4v) is 2.40. The SMILES string of the molecule is COCCC[C@]1(C(=O)O)CCN(C(=O)OC(C)(C)C)C1. The number of aliphatic carboxylic acids is 1. The fraction of sp³-hybridized carbons (Fsp3) is 0.857. The van der Waals surface area contributed by atoms with E-state index in [1.54, 1.807) is 27.9 Å². The molecular formula is C14H25NO5. The van der Waals surface area contributed by atoms with E-state index in [1.807, 2.05) is 0 Å². The highest BCUT2D eigenvalue weighted by atomic mass is 16.6. The third-order valence-corrected chi connectivity index (χ3v) is 3.46. The predicted molar refractivity (Wildman–Crippen MR) is 73.6 cm³/mol. The van der Waals surface area contributed by atoms with Crippen LogP contribution in [0.1, 0.15) is 40.0 Å². The van der Waals surface area contributed by atoms with E-state index in [0.717, 1.165) is 0 Å². The molecule has 0 aromatic rings. The molecule has 1 rings (SSSR count). The van der Waals surface area contributed by atoms with Crippen LogP contribution >= 0.6 is 0 Å². The van der Waals surface area contributed by atoms with Gasteiger partial charge in [-0.1, -0.05) is 0 Å². The van der Waals surface area contributed by atoms with Gasteiger partial charge in [-0.2, -0.15) is 0 Å². The first-order valence-corrected chi connectivity index (χ1v) is 6.90. The molecule has 0 aliphatic carbocycles. The van der Waals surface area contributed by atoms with Crippen molar-refractivity contribution in [3.8, 4) is 0 Å². The molecule has 1 atom stereocenters. The number of methoxy groups -OCH3 is 1. The maximum atomic E-state index is 12.0. The fourth-order valence-electron chi connectivity index (χ4n) is 2.40. The Labute approximate surface area is 120 Å². The number of hydrogen-bond donors (Lipinski definition) is 1. The second-order valence-electron chi connectivity index (χ2n) is 6.33. The van der Waals surface area contributed by atoms with Crippen LogP contribution in [0.5, 0.6) is 0 Å². The van der Waals surface area contributed by atoms with E-state index in [4.69, 9.17) is 9.47 Å². The Morgan fingerprint density at radius 3 is 2.50 bits per heavy atom. The van der Waals surface area contributed by atoms with Crippen LogP contribution in [0.2, 0.25) is 0 Å². The summed E-state index contributed by atoms with van der Waals surface area (Å²) in [4.78, 5) is 25.0. The second kappa shape index (κ2) is 6.43. The summed E-state index contributed by atoms with van der Waals surface area (Å²) in [6.07, 6.45) is 1.21. The number of nitrogens with zero attached hydrogens (tertiary/aromatic N) is 1. The Hall–Kier alpha value is -1.30. The molecule has 1 heterocycles. The Morgan fingerprint density at radius 1 is 1.35 bits per heavy atom. The van der Waals surface area contributed by atoms with E-state index in [0.29, 0.717) is 32.4 Å². The molecule has 1 saturated heterocycles. The standard InChI is InChI=1S/C14H25NO5/c1-13(2,3)20-12(18)15-8-7-14(10-15,11(16)17)6-5-9-19-4/h5-10H2,1-4H3,(H,16,17)/t14-/m0/s1. The molecule has 6 heteroatoms. The van der Waals surface area contributed by atoms with E-state index >= 15 is 0 Å². The monoisotopic (exact) mass is 287 g/mol. The van der Waals surface area contributed by atoms with Gasteiger partial charge in [-0.25, -0.2) is 4.79 Å². The Balaban J connectivity index is 2.65. The van der Waals surface area contributed by atoms with Crippen molar-refractivity contribution >= 4 is 12.1 Å². The Kier molecular flexibility index (Phi) is 5.39. The normalized spacial score (nSPS) is 22.9. The first-order valence-electron chi connectivity index (χ1n) is 6.90. The van der Waals surface area contributed by atoms with E-state index in [2.05, 4.69) is 0 Å². The number of ether oxygens (including phenoxy) is 2. The summed E-state index contributed by atoms with van der Waals surface area (Å²) < 4.78 is 10.3. The van der Waals surface area contributed by atoms with Crippen LogP contribution in [0.4, 0.5) is 4.79 Å². The smallest absolute Gasteiger partial charge is 0.410 e. The molecule has 0 radical (unpaired) electrons. The molecule has 0 aromatic heterocycles. The van der Waals surface area contributed by atoms with E-state index in [-0.39, 0.29) is 6.54 Å². The van der Waals surface area contributed by atoms with Crippen LogP contribution in [0.25, 0.3) is 0 Å². The van der Waals surface area contributed by atoms with Gasteiger partial charge in [0, 0.05) is 26.8 Å². The third-order valence-electron chi connectivity index (χ3n) is 3.46. The van der Waals surface area contributed by atoms with Gasteiger partial charge < -0.3 is 19.5 Å². The van der Waals surface area contributed by atoms with Gasteiger partial charge >= 0.3 is 12.1 Å². The first-order chi connectivity index (χ1) is 9.20. The summed E-state index contributed by atoms with van der Waals surface area (Å²) in [5.41, 5.74) is -1.43. The summed E-state index contributed by atoms with van der Waals surface area (Å²) in [6, 6.07) is 0. The number of likely N-dealkylation sites (tertiary alicyclic amines) is 1. The van der Waals surface area contributed by atoms with Gasteiger partial charge in [0.2, 0.25) is 0 Å². The summed E-state index contributed by atoms with van der Waals surface area (Å²) in [7, 11) is 1.59. The number of amides is 1. The van der Waals surface area contributed by atoms with Gasteiger partial charge in [-0.05, 0) is 40.0 Å². The van der Waals surface area contributed by atoms with Gasteiger partial charge in [0.15, 0.2) is 0 Å². The highest BCUT2D eigenvalue weighted by Crippen LogP contribution is 2.36. The third kappa shape index (κ3) is 4.37. The zero-order chi connectivity index (χ0) is 15.4. The molecule has 0 bridgehead atoms. The van der Waals surface area contributed by atoms with Gasteiger partial charge in [-0.15, -0.1) is 0 Å². The molecule has 0 aromatic carbocycles. The number of hydrogen-bond acceptors (Lipinski definition) is 4. The second-order valence-corrected chi connectivity index (χ2v) is 6.33. The predicted octanol–water partition coefficient (Wildman–Crippen LogP) is 2.12. The van der Waals surface area contributed by atoms with Crippen LogP contribution in [-0.4, -0.2) is 54.5 Å². The topological polar surface area (TPSA) is 76.1 Å². The van der Waals surface area contributed by atoms with E-state index < -0.39 is 23.1 Å². The molecular weight excluding hydrogens is 262 g/mol. The maximum absolute atomic E-state index is 12.0. The Morgan fingerprint density at radius 2 is 2.00 bits per heavy atom. The molecule has 0 spiro atoms. The van der Waals surface area contributed by atoms with Gasteiger partial charge in [0.25, 0.3) is 0 Å². The van der Waals surface area contributed by atoms with Crippen LogP contribution in [0.15, 0.2) is 0 Å². The quantitative estimate of drug-likeness (QED) is 0.784. The van der Waals surface area contributed by atoms with Crippen molar-refractivity contribution in [1.82, 2.24) is 4.90 Å². The number of carbonyl (C=O) groups is 2. The number of rotatable bonds is 5. The highest BCUT2D eigenvalue weighted by molar-refractivity contribution is 5.78. The number of carboxylic acid groups (broad SMARTS) is 1. The lowest BCUT2D eigenvalue weighted by Gasteiger charge is -2.27. The minimum Gasteiger partial charge on any atom is -0.481 e. The molecule has 1 aliphatic rings. The van der Waals surface area contributed by atoms with E-state index in [1.165, 1.54) is 4.90 Å². The van der Waals surface area contributed by atoms with Gasteiger partial charge in [-0.3, -0.25) is 4.79 Å². The highest BCUT2D eigenvalue weighted by Gasteiger charge is 2.46. The van der Waals surface area contributed by atoms with Crippen molar-refractivity contribution in [2.24, 2.45) is 5.41 Å². The lowest BCUT2D eigenvalue weighted by molar-refractivity contribution is -0.148. The van der Waals surface area contributed by atoms with Crippen LogP contribution in [0, 0.1) is 5.41 Å². The number of carboxylic acids is 1. The van der Waals surface area contributed by atoms with Crippen molar-refractivity contribution in [3.63, 3.8) is 0 Å². The van der Waals surface area contributed by atoms with Gasteiger partial charge in [0.1, 0.15) is 5.60 Å².